The second kappa shape index (κ2) is 18.8. The number of nitrogens with zero attached hydrogens (tertiary/aromatic N) is 3. The molecule has 64 heavy (non-hydrogen) atoms. The summed E-state index contributed by atoms with van der Waals surface area (Å²) in [7, 11) is -1.81. The Bertz CT molecular complexity index is 3260. The molecule has 0 aliphatic rings. The summed E-state index contributed by atoms with van der Waals surface area (Å²) in [5.41, 5.74) is 10.5. The van der Waals surface area contributed by atoms with Crippen molar-refractivity contribution in [3.63, 3.8) is 0 Å². The Morgan fingerprint density at radius 3 is 2.12 bits per heavy atom. The Morgan fingerprint density at radius 1 is 0.812 bits per heavy atom. The molecule has 0 spiro atoms. The zero-order valence-corrected chi connectivity index (χ0v) is 42.5. The van der Waals surface area contributed by atoms with Gasteiger partial charge in [-0.3, -0.25) is 9.37 Å². The Hall–Kier alpha value is -5.04. The second-order valence-electron chi connectivity index (χ2n) is 19.0. The van der Waals surface area contributed by atoms with E-state index in [1.54, 1.807) is 29.7 Å². The van der Waals surface area contributed by atoms with Gasteiger partial charge in [0.15, 0.2) is 0 Å². The topological polar surface area (TPSA) is 30.7 Å². The first-order valence-corrected chi connectivity index (χ1v) is 26.1. The number of benzene rings is 6. The number of hydrogen-bond donors (Lipinski definition) is 0. The summed E-state index contributed by atoms with van der Waals surface area (Å²) in [4.78, 5) is 9.77. The van der Waals surface area contributed by atoms with E-state index >= 15 is 4.39 Å². The van der Waals surface area contributed by atoms with Crippen LogP contribution >= 0.6 is 11.3 Å². The predicted octanol–water partition coefficient (Wildman–Crippen LogP) is 15.9. The van der Waals surface area contributed by atoms with E-state index in [9.17, 15) is 0 Å². The first kappa shape index (κ1) is 40.5. The molecular weight excluding hydrogens is 998 g/mol. The average molecular weight is 1060 g/mol. The summed E-state index contributed by atoms with van der Waals surface area (Å²) >= 11 is 1.61. The number of thiophene rings is 1. The van der Waals surface area contributed by atoms with Crippen molar-refractivity contribution in [1.29, 1.82) is 0 Å². The number of pyridine rings is 1. The number of halogens is 1. The molecule has 0 amide bonds. The number of aromatic nitrogens is 3. The molecule has 329 valence electrons. The van der Waals surface area contributed by atoms with E-state index in [0.29, 0.717) is 22.2 Å². The first-order chi connectivity index (χ1) is 32.0. The quantitative estimate of drug-likeness (QED) is 0.112. The predicted molar refractivity (Wildman–Crippen MR) is 271 cm³/mol. The maximum atomic E-state index is 15.4. The number of para-hydroxylation sites is 2. The normalized spacial score (nSPS) is 13.5. The molecule has 0 saturated carbocycles. The SMILES string of the molecule is CC(C)c1cc(-c2ccccc2)cc(C(C)C)c1-n1c(-c2[c-]cc(F)c3c2sc2ccccc23)nc2ccccc21.[2H]C([2H])([2H])c1c[c-]c(-c2cc(C([2H])([2H])C(C)(C)C)c([Si](C)(C)C)cn2)cc1.[Ir]. The summed E-state index contributed by atoms with van der Waals surface area (Å²) in [5, 5.41) is 2.58. The van der Waals surface area contributed by atoms with Crippen LogP contribution < -0.4 is 5.19 Å². The zero-order chi connectivity index (χ0) is 49.1. The largest absolute Gasteiger partial charge is 0.333 e. The van der Waals surface area contributed by atoms with E-state index in [1.165, 1.54) is 34.4 Å². The number of rotatable bonds is 8. The third-order valence-electron chi connectivity index (χ3n) is 11.2. The van der Waals surface area contributed by atoms with Crippen LogP contribution in [0, 0.1) is 30.2 Å². The van der Waals surface area contributed by atoms with Crippen molar-refractivity contribution in [2.75, 3.05) is 0 Å². The Kier molecular flexibility index (Phi) is 11.9. The Morgan fingerprint density at radius 2 is 1.48 bits per heavy atom. The molecule has 0 fully saturated rings. The maximum Gasteiger partial charge on any atom is 0.0798 e. The summed E-state index contributed by atoms with van der Waals surface area (Å²) in [6, 6.07) is 45.9. The fraction of sp³-hybridized carbons (Fsp3) is 0.263. The third kappa shape index (κ3) is 9.65. The molecule has 0 aliphatic heterocycles. The monoisotopic (exact) mass is 1060 g/mol. The molecule has 7 heteroatoms. The van der Waals surface area contributed by atoms with Crippen molar-refractivity contribution in [2.45, 2.75) is 93.2 Å². The molecule has 3 nitrogen and oxygen atoms in total. The van der Waals surface area contributed by atoms with Crippen molar-refractivity contribution in [3.05, 3.63) is 168 Å². The van der Waals surface area contributed by atoms with Gasteiger partial charge in [0, 0.05) is 49.4 Å². The summed E-state index contributed by atoms with van der Waals surface area (Å²) in [6.07, 6.45) is 0.269. The van der Waals surface area contributed by atoms with Crippen LogP contribution in [0.1, 0.15) is 89.4 Å². The molecule has 0 saturated heterocycles. The number of hydrogen-bond acceptors (Lipinski definition) is 3. The summed E-state index contributed by atoms with van der Waals surface area (Å²) in [6.45, 7) is 19.1. The minimum Gasteiger partial charge on any atom is -0.333 e. The van der Waals surface area contributed by atoms with Crippen molar-refractivity contribution in [2.24, 2.45) is 5.41 Å². The number of imidazole rings is 1. The third-order valence-corrected chi connectivity index (χ3v) is 14.4. The van der Waals surface area contributed by atoms with Crippen LogP contribution in [0.15, 0.2) is 128 Å². The summed E-state index contributed by atoms with van der Waals surface area (Å²) in [5.74, 6) is 1.07. The van der Waals surface area contributed by atoms with Crippen LogP contribution in [-0.2, 0) is 26.5 Å². The van der Waals surface area contributed by atoms with Crippen LogP contribution in [0.2, 0.25) is 19.6 Å². The first-order valence-electron chi connectivity index (χ1n) is 24.2. The summed E-state index contributed by atoms with van der Waals surface area (Å²) < 4.78 is 59.6. The molecule has 9 rings (SSSR count). The van der Waals surface area contributed by atoms with Crippen molar-refractivity contribution in [3.8, 4) is 39.5 Å². The molecule has 0 N–H and O–H groups in total. The molecular formula is C57H58FIrN3SSi-2. The van der Waals surface area contributed by atoms with Crippen LogP contribution in [0.25, 0.3) is 70.7 Å². The van der Waals surface area contributed by atoms with Crippen molar-refractivity contribution in [1.82, 2.24) is 14.5 Å². The van der Waals surface area contributed by atoms with E-state index in [-0.39, 0.29) is 43.3 Å². The zero-order valence-electron chi connectivity index (χ0n) is 43.2. The van der Waals surface area contributed by atoms with Gasteiger partial charge >= 0.3 is 0 Å². The molecule has 1 radical (unpaired) electrons. The van der Waals surface area contributed by atoms with Crippen molar-refractivity contribution < 1.29 is 31.3 Å². The Balaban J connectivity index is 0.000000220. The van der Waals surface area contributed by atoms with E-state index in [0.717, 1.165) is 48.1 Å². The van der Waals surface area contributed by atoms with Gasteiger partial charge < -0.3 is 9.55 Å². The number of aryl methyl sites for hydroxylation is 1. The maximum absolute atomic E-state index is 15.4. The Labute approximate surface area is 405 Å². The van der Waals surface area contributed by atoms with E-state index in [2.05, 4.69) is 136 Å². The number of fused-ring (bicyclic) bond motifs is 4. The van der Waals surface area contributed by atoms with Gasteiger partial charge in [0.05, 0.1) is 24.9 Å². The average Bonchev–Trinajstić information content (AvgIpc) is 3.88. The molecule has 3 heterocycles. The smallest absolute Gasteiger partial charge is 0.0798 e. The van der Waals surface area contributed by atoms with Crippen LogP contribution in [0.4, 0.5) is 4.39 Å². The van der Waals surface area contributed by atoms with E-state index in [1.807, 2.05) is 51.1 Å². The molecule has 0 bridgehead atoms. The molecule has 0 unspecified atom stereocenters. The van der Waals surface area contributed by atoms with Crippen LogP contribution in [0.3, 0.4) is 0 Å². The minimum atomic E-state index is -2.17. The molecule has 0 atom stereocenters. The molecule has 6 aromatic carbocycles. The molecule has 0 aliphatic carbocycles. The van der Waals surface area contributed by atoms with E-state index in [4.69, 9.17) is 11.8 Å². The molecule has 3 aromatic heterocycles. The van der Waals surface area contributed by atoms with Crippen LogP contribution in [0.5, 0.6) is 0 Å². The van der Waals surface area contributed by atoms with Crippen LogP contribution in [-0.4, -0.2) is 22.6 Å². The fourth-order valence-electron chi connectivity index (χ4n) is 8.23. The second-order valence-corrected chi connectivity index (χ2v) is 25.1. The van der Waals surface area contributed by atoms with Gasteiger partial charge in [0.1, 0.15) is 0 Å². The van der Waals surface area contributed by atoms with Gasteiger partial charge in [-0.2, -0.15) is 11.3 Å². The fourth-order valence-corrected chi connectivity index (χ4v) is 10.8. The van der Waals surface area contributed by atoms with E-state index < -0.39 is 26.7 Å². The van der Waals surface area contributed by atoms with Gasteiger partial charge in [-0.05, 0) is 103 Å². The van der Waals surface area contributed by atoms with Gasteiger partial charge in [-0.15, -0.1) is 47.5 Å². The van der Waals surface area contributed by atoms with Gasteiger partial charge in [0.25, 0.3) is 0 Å². The van der Waals surface area contributed by atoms with Gasteiger partial charge in [-0.25, -0.2) is 0 Å². The van der Waals surface area contributed by atoms with Gasteiger partial charge in [-0.1, -0.05) is 153 Å². The minimum absolute atomic E-state index is 0. The van der Waals surface area contributed by atoms with Gasteiger partial charge in [0.2, 0.25) is 0 Å². The molecule has 9 aromatic rings. The van der Waals surface area contributed by atoms with Crippen molar-refractivity contribution >= 4 is 55.8 Å². The standard InChI is InChI=1S/C37H30FN2S.C20H28NSi.Ir/c1-22(2)28-20-25(24-12-6-5-7-13-24)21-29(23(3)4)35(28)40-32-16-10-9-15-31(32)39-37(40)27-18-19-30(38)34-26-14-8-11-17-33(26)41-36(27)34;1-15-8-10-16(11-9-15)18-12-17(13-20(2,3)4)19(14-21-18)22(5,6)7;/h5-17,19-23H,1-4H3;8-10,12,14H,13H2,1-7H3;/q2*-1;/i;1D3,13D2;.